The number of carbonyl (C=O) groups is 2. The number of aromatic carboxylic acids is 1. The number of aromatic nitrogens is 2. The van der Waals surface area contributed by atoms with Gasteiger partial charge in [0.15, 0.2) is 11.5 Å². The minimum absolute atomic E-state index is 0.110. The number of carbonyl (C=O) groups excluding carboxylic acids is 1. The summed E-state index contributed by atoms with van der Waals surface area (Å²) in [5.41, 5.74) is -0.269. The second kappa shape index (κ2) is 5.56. The van der Waals surface area contributed by atoms with E-state index in [1.54, 1.807) is 6.92 Å². The molecule has 20 heavy (non-hydrogen) atoms. The summed E-state index contributed by atoms with van der Waals surface area (Å²) in [5.74, 6) is -1.98. The van der Waals surface area contributed by atoms with E-state index in [2.05, 4.69) is 9.97 Å². The number of hydrogen-bond acceptors (Lipinski definition) is 4. The van der Waals surface area contributed by atoms with Gasteiger partial charge in [-0.05, 0) is 24.3 Å². The lowest BCUT2D eigenvalue weighted by Crippen LogP contribution is -2.14. The molecule has 2 rings (SSSR count). The maximum absolute atomic E-state index is 12.8. The zero-order valence-electron chi connectivity index (χ0n) is 10.6. The first-order valence-corrected chi connectivity index (χ1v) is 5.92. The Kier molecular flexibility index (Phi) is 3.84. The highest BCUT2D eigenvalue weighted by atomic mass is 19.1. The summed E-state index contributed by atoms with van der Waals surface area (Å²) in [6, 6.07) is 4.85. The third-order valence-electron chi connectivity index (χ3n) is 2.71. The van der Waals surface area contributed by atoms with Gasteiger partial charge in [0.2, 0.25) is 0 Å². The molecule has 0 aliphatic carbocycles. The average Bonchev–Trinajstić information content (AvgIpc) is 2.46. The van der Waals surface area contributed by atoms with Crippen LogP contribution in [-0.4, -0.2) is 26.8 Å². The Bertz CT molecular complexity index is 669. The van der Waals surface area contributed by atoms with Gasteiger partial charge in [-0.2, -0.15) is 0 Å². The first-order chi connectivity index (χ1) is 9.52. The maximum Gasteiger partial charge on any atom is 0.355 e. The first-order valence-electron chi connectivity index (χ1n) is 5.92. The summed E-state index contributed by atoms with van der Waals surface area (Å²) in [4.78, 5) is 31.2. The van der Waals surface area contributed by atoms with Crippen LogP contribution < -0.4 is 0 Å². The van der Waals surface area contributed by atoms with Crippen molar-refractivity contribution < 1.29 is 19.1 Å². The lowest BCUT2D eigenvalue weighted by atomic mass is 10.0. The highest BCUT2D eigenvalue weighted by Crippen LogP contribution is 2.14. The Morgan fingerprint density at radius 3 is 2.45 bits per heavy atom. The molecule has 0 saturated carbocycles. The van der Waals surface area contributed by atoms with E-state index in [1.807, 2.05) is 0 Å². The van der Waals surface area contributed by atoms with Crippen molar-refractivity contribution in [2.45, 2.75) is 13.3 Å². The fraction of sp³-hybridized carbons (Fsp3) is 0.143. The molecule has 0 amide bonds. The minimum atomic E-state index is -1.30. The van der Waals surface area contributed by atoms with Crippen LogP contribution in [0.4, 0.5) is 4.39 Å². The van der Waals surface area contributed by atoms with Crippen LogP contribution in [0.3, 0.4) is 0 Å². The number of hydrogen-bond donors (Lipinski definition) is 1. The smallest absolute Gasteiger partial charge is 0.355 e. The quantitative estimate of drug-likeness (QED) is 0.864. The number of carboxylic acid groups (broad SMARTS) is 1. The van der Waals surface area contributed by atoms with E-state index in [4.69, 9.17) is 5.11 Å². The number of carboxylic acids is 1. The molecule has 1 aromatic heterocycles. The maximum atomic E-state index is 12.8. The first kappa shape index (κ1) is 13.8. The number of halogens is 1. The van der Waals surface area contributed by atoms with Crippen molar-refractivity contribution in [3.05, 3.63) is 58.9 Å². The van der Waals surface area contributed by atoms with Crippen molar-refractivity contribution in [2.24, 2.45) is 0 Å². The SMILES string of the molecule is CCc1ncc(C(=O)c2ccc(F)cc2)c(C(=O)O)n1. The average molecular weight is 274 g/mol. The molecule has 0 fully saturated rings. The zero-order chi connectivity index (χ0) is 14.7. The Labute approximate surface area is 114 Å². The Morgan fingerprint density at radius 2 is 1.90 bits per heavy atom. The van der Waals surface area contributed by atoms with E-state index in [0.717, 1.165) is 12.1 Å². The van der Waals surface area contributed by atoms with Crippen LogP contribution in [0, 0.1) is 5.82 Å². The molecule has 2 aromatic rings. The van der Waals surface area contributed by atoms with Gasteiger partial charge < -0.3 is 5.11 Å². The number of nitrogens with zero attached hydrogens (tertiary/aromatic N) is 2. The molecule has 0 radical (unpaired) electrons. The van der Waals surface area contributed by atoms with Gasteiger partial charge >= 0.3 is 5.97 Å². The second-order valence-corrected chi connectivity index (χ2v) is 4.04. The van der Waals surface area contributed by atoms with Crippen molar-refractivity contribution in [1.29, 1.82) is 0 Å². The molecule has 0 bridgehead atoms. The molecule has 0 saturated heterocycles. The van der Waals surface area contributed by atoms with Crippen LogP contribution in [-0.2, 0) is 6.42 Å². The zero-order valence-corrected chi connectivity index (χ0v) is 10.6. The monoisotopic (exact) mass is 274 g/mol. The van der Waals surface area contributed by atoms with E-state index < -0.39 is 17.6 Å². The second-order valence-electron chi connectivity index (χ2n) is 4.04. The molecular weight excluding hydrogens is 263 g/mol. The predicted molar refractivity (Wildman–Crippen MR) is 68.2 cm³/mol. The van der Waals surface area contributed by atoms with E-state index in [1.165, 1.54) is 18.3 Å². The molecular formula is C14H11FN2O3. The summed E-state index contributed by atoms with van der Waals surface area (Å²) < 4.78 is 12.8. The van der Waals surface area contributed by atoms with Gasteiger partial charge in [0.05, 0.1) is 5.56 Å². The van der Waals surface area contributed by atoms with Crippen molar-refractivity contribution in [3.8, 4) is 0 Å². The Hall–Kier alpha value is -2.63. The Morgan fingerprint density at radius 1 is 1.25 bits per heavy atom. The van der Waals surface area contributed by atoms with Gasteiger partial charge in [-0.3, -0.25) is 4.79 Å². The number of aryl methyl sites for hydroxylation is 1. The fourth-order valence-corrected chi connectivity index (χ4v) is 1.67. The van der Waals surface area contributed by atoms with Crippen LogP contribution in [0.2, 0.25) is 0 Å². The van der Waals surface area contributed by atoms with Crippen LogP contribution in [0.15, 0.2) is 30.5 Å². The van der Waals surface area contributed by atoms with Crippen molar-refractivity contribution >= 4 is 11.8 Å². The summed E-state index contributed by atoms with van der Waals surface area (Å²) in [6.45, 7) is 1.78. The molecule has 102 valence electrons. The number of rotatable bonds is 4. The molecule has 0 spiro atoms. The molecule has 0 unspecified atom stereocenters. The van der Waals surface area contributed by atoms with Crippen LogP contribution in [0.5, 0.6) is 0 Å². The largest absolute Gasteiger partial charge is 0.476 e. The predicted octanol–water partition coefficient (Wildman–Crippen LogP) is 2.11. The summed E-state index contributed by atoms with van der Waals surface area (Å²) >= 11 is 0. The van der Waals surface area contributed by atoms with Gasteiger partial charge in [0, 0.05) is 18.2 Å². The van der Waals surface area contributed by atoms with Crippen molar-refractivity contribution in [1.82, 2.24) is 9.97 Å². The number of benzene rings is 1. The van der Waals surface area contributed by atoms with E-state index in [0.29, 0.717) is 12.2 Å². The van der Waals surface area contributed by atoms with Crippen LogP contribution in [0.1, 0.15) is 39.2 Å². The van der Waals surface area contributed by atoms with Crippen molar-refractivity contribution in [3.63, 3.8) is 0 Å². The van der Waals surface area contributed by atoms with Crippen LogP contribution >= 0.6 is 0 Å². The van der Waals surface area contributed by atoms with Gasteiger partial charge in [0.1, 0.15) is 11.6 Å². The molecule has 1 heterocycles. The minimum Gasteiger partial charge on any atom is -0.476 e. The third kappa shape index (κ3) is 2.69. The number of ketones is 1. The van der Waals surface area contributed by atoms with Crippen molar-refractivity contribution in [2.75, 3.05) is 0 Å². The summed E-state index contributed by atoms with van der Waals surface area (Å²) in [7, 11) is 0. The molecule has 1 N–H and O–H groups in total. The van der Waals surface area contributed by atoms with E-state index >= 15 is 0 Å². The molecule has 0 atom stereocenters. The lowest BCUT2D eigenvalue weighted by Gasteiger charge is -2.06. The standard InChI is InChI=1S/C14H11FN2O3/c1-2-11-16-7-10(12(17-11)14(19)20)13(18)8-3-5-9(15)6-4-8/h3-7H,2H2,1H3,(H,19,20). The van der Waals surface area contributed by atoms with Gasteiger partial charge in [-0.15, -0.1) is 0 Å². The molecule has 0 aliphatic heterocycles. The van der Waals surface area contributed by atoms with E-state index in [9.17, 15) is 14.0 Å². The normalized spacial score (nSPS) is 10.3. The molecule has 6 heteroatoms. The summed E-state index contributed by atoms with van der Waals surface area (Å²) in [5, 5.41) is 9.12. The third-order valence-corrected chi connectivity index (χ3v) is 2.71. The van der Waals surface area contributed by atoms with Gasteiger partial charge in [-0.1, -0.05) is 6.92 Å². The van der Waals surface area contributed by atoms with Gasteiger partial charge in [0.25, 0.3) is 0 Å². The van der Waals surface area contributed by atoms with Gasteiger partial charge in [-0.25, -0.2) is 19.2 Å². The highest BCUT2D eigenvalue weighted by Gasteiger charge is 2.20. The topological polar surface area (TPSA) is 80.2 Å². The lowest BCUT2D eigenvalue weighted by molar-refractivity contribution is 0.0685. The van der Waals surface area contributed by atoms with E-state index in [-0.39, 0.29) is 16.8 Å². The van der Waals surface area contributed by atoms with Crippen LogP contribution in [0.25, 0.3) is 0 Å². The molecule has 1 aromatic carbocycles. The Balaban J connectivity index is 2.48. The fourth-order valence-electron chi connectivity index (χ4n) is 1.67. The summed E-state index contributed by atoms with van der Waals surface area (Å²) in [6.07, 6.45) is 1.66. The highest BCUT2D eigenvalue weighted by molar-refractivity contribution is 6.13. The molecule has 0 aliphatic rings. The molecule has 5 nitrogen and oxygen atoms in total.